The summed E-state index contributed by atoms with van der Waals surface area (Å²) < 4.78 is 15.3. The maximum Gasteiger partial charge on any atom is 0.257 e. The maximum atomic E-state index is 13.6. The first-order valence-electron chi connectivity index (χ1n) is 6.94. The van der Waals surface area contributed by atoms with Gasteiger partial charge in [-0.25, -0.2) is 4.39 Å². The number of hydrogen-bond acceptors (Lipinski definition) is 3. The number of pyridine rings is 1. The highest BCUT2D eigenvalue weighted by molar-refractivity contribution is 6.05. The molecule has 0 radical (unpaired) electrons. The Kier molecular flexibility index (Phi) is 3.58. The predicted molar refractivity (Wildman–Crippen MR) is 82.3 cm³/mol. The van der Waals surface area contributed by atoms with Crippen LogP contribution in [0.25, 0.3) is 10.9 Å². The van der Waals surface area contributed by atoms with Crippen molar-refractivity contribution >= 4 is 22.5 Å². The van der Waals surface area contributed by atoms with Crippen LogP contribution in [0.4, 0.5) is 10.1 Å². The van der Waals surface area contributed by atoms with E-state index in [0.717, 1.165) is 0 Å². The van der Waals surface area contributed by atoms with Gasteiger partial charge in [0.25, 0.3) is 5.91 Å². The molecule has 0 atom stereocenters. The average molecular weight is 298 g/mol. The average Bonchev–Trinajstić information content (AvgIpc) is 2.96. The number of benzene rings is 1. The van der Waals surface area contributed by atoms with Gasteiger partial charge >= 0.3 is 0 Å². The van der Waals surface area contributed by atoms with E-state index < -0.39 is 5.82 Å². The van der Waals surface area contributed by atoms with Crippen LogP contribution in [0.2, 0.25) is 0 Å². The lowest BCUT2D eigenvalue weighted by molar-refractivity contribution is 0.102. The van der Waals surface area contributed by atoms with Crippen LogP contribution in [0.15, 0.2) is 42.9 Å². The molecule has 6 heteroatoms. The van der Waals surface area contributed by atoms with Gasteiger partial charge in [0.1, 0.15) is 11.3 Å². The molecule has 0 aliphatic heterocycles. The zero-order chi connectivity index (χ0) is 15.7. The van der Waals surface area contributed by atoms with E-state index in [1.807, 2.05) is 13.8 Å². The first-order valence-corrected chi connectivity index (χ1v) is 6.94. The molecule has 2 heterocycles. The Morgan fingerprint density at radius 1 is 1.32 bits per heavy atom. The summed E-state index contributed by atoms with van der Waals surface area (Å²) in [7, 11) is 0. The standard InChI is InChI=1S/C16H15FN4O/c1-10(2)21-9-13(8-19-21)20-16(22)12-6-11-4-3-5-14(17)15(11)18-7-12/h3-10H,1-2H3,(H,20,22). The van der Waals surface area contributed by atoms with Crippen molar-refractivity contribution in [1.29, 1.82) is 0 Å². The largest absolute Gasteiger partial charge is 0.319 e. The highest BCUT2D eigenvalue weighted by Gasteiger charge is 2.11. The second-order valence-electron chi connectivity index (χ2n) is 5.29. The number of carbonyl (C=O) groups is 1. The van der Waals surface area contributed by atoms with Crippen LogP contribution in [-0.4, -0.2) is 20.7 Å². The Balaban J connectivity index is 1.85. The molecule has 5 nitrogen and oxygen atoms in total. The molecule has 1 amide bonds. The number of halogens is 1. The summed E-state index contributed by atoms with van der Waals surface area (Å²) in [5.74, 6) is -0.704. The van der Waals surface area contributed by atoms with Gasteiger partial charge in [-0.15, -0.1) is 0 Å². The fourth-order valence-electron chi connectivity index (χ4n) is 2.14. The van der Waals surface area contributed by atoms with E-state index >= 15 is 0 Å². The predicted octanol–water partition coefficient (Wildman–Crippen LogP) is 3.40. The van der Waals surface area contributed by atoms with Crippen molar-refractivity contribution in [3.63, 3.8) is 0 Å². The number of para-hydroxylation sites is 1. The third-order valence-electron chi connectivity index (χ3n) is 3.31. The number of rotatable bonds is 3. The Morgan fingerprint density at radius 3 is 2.86 bits per heavy atom. The number of hydrogen-bond donors (Lipinski definition) is 1. The summed E-state index contributed by atoms with van der Waals surface area (Å²) in [4.78, 5) is 16.3. The van der Waals surface area contributed by atoms with Crippen molar-refractivity contribution in [2.75, 3.05) is 5.32 Å². The van der Waals surface area contributed by atoms with Crippen molar-refractivity contribution in [2.45, 2.75) is 19.9 Å². The zero-order valence-corrected chi connectivity index (χ0v) is 12.2. The quantitative estimate of drug-likeness (QED) is 0.806. The number of aromatic nitrogens is 3. The molecule has 0 aliphatic rings. The highest BCUT2D eigenvalue weighted by atomic mass is 19.1. The molecule has 0 aliphatic carbocycles. The van der Waals surface area contributed by atoms with Gasteiger partial charge in [-0.1, -0.05) is 12.1 Å². The summed E-state index contributed by atoms with van der Waals surface area (Å²) in [6.07, 6.45) is 4.72. The third kappa shape index (κ3) is 2.67. The van der Waals surface area contributed by atoms with Gasteiger partial charge in [0.15, 0.2) is 0 Å². The van der Waals surface area contributed by atoms with Crippen molar-refractivity contribution in [3.8, 4) is 0 Å². The lowest BCUT2D eigenvalue weighted by atomic mass is 10.1. The Morgan fingerprint density at radius 2 is 2.14 bits per heavy atom. The first kappa shape index (κ1) is 14.2. The molecular formula is C16H15FN4O. The van der Waals surface area contributed by atoms with E-state index in [1.54, 1.807) is 35.3 Å². The van der Waals surface area contributed by atoms with Crippen molar-refractivity contribution in [1.82, 2.24) is 14.8 Å². The second kappa shape index (κ2) is 5.55. The number of fused-ring (bicyclic) bond motifs is 1. The molecule has 22 heavy (non-hydrogen) atoms. The minimum atomic E-state index is -0.400. The van der Waals surface area contributed by atoms with Crippen molar-refractivity contribution in [3.05, 3.63) is 54.2 Å². The van der Waals surface area contributed by atoms with Crippen molar-refractivity contribution < 1.29 is 9.18 Å². The summed E-state index contributed by atoms with van der Waals surface area (Å²) in [5.41, 5.74) is 1.24. The lowest BCUT2D eigenvalue weighted by Crippen LogP contribution is -2.12. The number of carbonyl (C=O) groups excluding carboxylic acids is 1. The molecule has 0 unspecified atom stereocenters. The summed E-state index contributed by atoms with van der Waals surface area (Å²) in [5, 5.41) is 7.51. The Labute approximate surface area is 126 Å². The van der Waals surface area contributed by atoms with E-state index in [4.69, 9.17) is 0 Å². The van der Waals surface area contributed by atoms with E-state index in [9.17, 15) is 9.18 Å². The lowest BCUT2D eigenvalue weighted by Gasteiger charge is -2.05. The molecule has 2 aromatic heterocycles. The second-order valence-corrected chi connectivity index (χ2v) is 5.29. The fourth-order valence-corrected chi connectivity index (χ4v) is 2.14. The van der Waals surface area contributed by atoms with Gasteiger partial charge in [0, 0.05) is 23.8 Å². The number of amides is 1. The van der Waals surface area contributed by atoms with E-state index in [1.165, 1.54) is 12.3 Å². The molecule has 112 valence electrons. The van der Waals surface area contributed by atoms with Crippen LogP contribution in [0.5, 0.6) is 0 Å². The molecule has 0 bridgehead atoms. The van der Waals surface area contributed by atoms with Crippen LogP contribution in [-0.2, 0) is 0 Å². The summed E-state index contributed by atoms with van der Waals surface area (Å²) >= 11 is 0. The monoisotopic (exact) mass is 298 g/mol. The van der Waals surface area contributed by atoms with Crippen LogP contribution < -0.4 is 5.32 Å². The number of anilines is 1. The third-order valence-corrected chi connectivity index (χ3v) is 3.31. The minimum Gasteiger partial charge on any atom is -0.319 e. The topological polar surface area (TPSA) is 59.8 Å². The molecule has 0 saturated carbocycles. The van der Waals surface area contributed by atoms with Crippen LogP contribution in [0, 0.1) is 5.82 Å². The maximum absolute atomic E-state index is 13.6. The van der Waals surface area contributed by atoms with Crippen LogP contribution in [0.1, 0.15) is 30.2 Å². The molecule has 3 aromatic rings. The van der Waals surface area contributed by atoms with E-state index in [2.05, 4.69) is 15.4 Å². The molecule has 0 saturated heterocycles. The smallest absolute Gasteiger partial charge is 0.257 e. The Bertz CT molecular complexity index is 841. The minimum absolute atomic E-state index is 0.218. The van der Waals surface area contributed by atoms with Gasteiger partial charge in [0.05, 0.1) is 17.4 Å². The molecule has 0 spiro atoms. The fraction of sp³-hybridized carbons (Fsp3) is 0.188. The molecule has 1 aromatic carbocycles. The number of nitrogens with one attached hydrogen (secondary N) is 1. The molecule has 3 rings (SSSR count). The Hall–Kier alpha value is -2.76. The number of nitrogens with zero attached hydrogens (tertiary/aromatic N) is 3. The van der Waals surface area contributed by atoms with Crippen LogP contribution >= 0.6 is 0 Å². The van der Waals surface area contributed by atoms with E-state index in [-0.39, 0.29) is 17.5 Å². The summed E-state index contributed by atoms with van der Waals surface area (Å²) in [6.45, 7) is 4.00. The van der Waals surface area contributed by atoms with Crippen LogP contribution in [0.3, 0.4) is 0 Å². The van der Waals surface area contributed by atoms with Gasteiger partial charge in [-0.05, 0) is 26.0 Å². The van der Waals surface area contributed by atoms with Gasteiger partial charge < -0.3 is 5.32 Å². The molecule has 0 fully saturated rings. The molecular weight excluding hydrogens is 283 g/mol. The molecule has 1 N–H and O–H groups in total. The SMILES string of the molecule is CC(C)n1cc(NC(=O)c2cnc3c(F)cccc3c2)cn1. The van der Waals surface area contributed by atoms with Crippen molar-refractivity contribution in [2.24, 2.45) is 0 Å². The van der Waals surface area contributed by atoms with Gasteiger partial charge in [-0.3, -0.25) is 14.5 Å². The van der Waals surface area contributed by atoms with E-state index in [0.29, 0.717) is 16.6 Å². The normalized spacial score (nSPS) is 11.1. The van der Waals surface area contributed by atoms with Gasteiger partial charge in [-0.2, -0.15) is 5.10 Å². The first-order chi connectivity index (χ1) is 10.5. The highest BCUT2D eigenvalue weighted by Crippen LogP contribution is 2.17. The zero-order valence-electron chi connectivity index (χ0n) is 12.2. The van der Waals surface area contributed by atoms with Gasteiger partial charge in [0.2, 0.25) is 0 Å². The summed E-state index contributed by atoms with van der Waals surface area (Å²) in [6, 6.07) is 6.49.